The van der Waals surface area contributed by atoms with E-state index in [4.69, 9.17) is 16.3 Å². The van der Waals surface area contributed by atoms with E-state index >= 15 is 0 Å². The number of thiazole rings is 1. The Morgan fingerprint density at radius 1 is 1.20 bits per heavy atom. The van der Waals surface area contributed by atoms with Crippen molar-refractivity contribution in [3.63, 3.8) is 0 Å². The molecule has 8 heteroatoms. The molecule has 6 nitrogen and oxygen atoms in total. The summed E-state index contributed by atoms with van der Waals surface area (Å²) in [5, 5.41) is 12.3. The van der Waals surface area contributed by atoms with Gasteiger partial charge in [-0.05, 0) is 11.6 Å². The zero-order valence-electron chi connectivity index (χ0n) is 15.9. The largest absolute Gasteiger partial charge is 0.481 e. The Morgan fingerprint density at radius 2 is 1.93 bits per heavy atom. The summed E-state index contributed by atoms with van der Waals surface area (Å²) < 4.78 is 5.97. The fourth-order valence-electron chi connectivity index (χ4n) is 3.55. The number of carbonyl (C=O) groups excluding carboxylic acids is 1. The number of rotatable bonds is 5. The van der Waals surface area contributed by atoms with Gasteiger partial charge in [-0.2, -0.15) is 0 Å². The molecule has 1 fully saturated rings. The average Bonchev–Trinajstić information content (AvgIpc) is 3.16. The third-order valence-corrected chi connectivity index (χ3v) is 6.15. The highest BCUT2D eigenvalue weighted by Crippen LogP contribution is 2.37. The van der Waals surface area contributed by atoms with Crippen LogP contribution >= 0.6 is 22.9 Å². The number of nitrogens with zero attached hydrogens (tertiary/aromatic N) is 2. The standard InChI is InChI=1S/C22H19ClN2O4S/c23-17-9-5-4-8-15(17)18-13-30-22(24-18)25-10-11-29-20(14-6-2-1-3-7-14)16(21(25)28)12-19(26)27/h1-9,13,16,20H,10-12H2,(H,26,27). The first-order chi connectivity index (χ1) is 14.5. The molecule has 0 bridgehead atoms. The van der Waals surface area contributed by atoms with Gasteiger partial charge in [0.1, 0.15) is 0 Å². The van der Waals surface area contributed by atoms with Gasteiger partial charge in [0.2, 0.25) is 5.91 Å². The van der Waals surface area contributed by atoms with Crippen LogP contribution in [0.5, 0.6) is 0 Å². The monoisotopic (exact) mass is 442 g/mol. The molecule has 0 radical (unpaired) electrons. The first kappa shape index (κ1) is 20.5. The number of halogens is 1. The Kier molecular flexibility index (Phi) is 6.13. The lowest BCUT2D eigenvalue weighted by Crippen LogP contribution is -2.38. The highest BCUT2D eigenvalue weighted by atomic mass is 35.5. The Hall–Kier alpha value is -2.74. The van der Waals surface area contributed by atoms with Crippen LogP contribution in [0.1, 0.15) is 18.1 Å². The summed E-state index contributed by atoms with van der Waals surface area (Å²) in [5.41, 5.74) is 2.24. The summed E-state index contributed by atoms with van der Waals surface area (Å²) in [6.45, 7) is 0.580. The Balaban J connectivity index is 1.66. The van der Waals surface area contributed by atoms with Crippen LogP contribution in [-0.4, -0.2) is 35.1 Å². The lowest BCUT2D eigenvalue weighted by atomic mass is 9.91. The van der Waals surface area contributed by atoms with Crippen LogP contribution < -0.4 is 4.90 Å². The van der Waals surface area contributed by atoms with Gasteiger partial charge in [0.05, 0.1) is 37.3 Å². The molecule has 1 amide bonds. The molecule has 2 heterocycles. The molecule has 2 atom stereocenters. The number of aliphatic carboxylic acids is 1. The highest BCUT2D eigenvalue weighted by molar-refractivity contribution is 7.14. The summed E-state index contributed by atoms with van der Waals surface area (Å²) in [5.74, 6) is -2.19. The topological polar surface area (TPSA) is 79.7 Å². The van der Waals surface area contributed by atoms with Crippen LogP contribution in [-0.2, 0) is 14.3 Å². The second-order valence-electron chi connectivity index (χ2n) is 6.89. The zero-order chi connectivity index (χ0) is 21.1. The van der Waals surface area contributed by atoms with E-state index in [1.807, 2.05) is 53.9 Å². The molecule has 1 aliphatic rings. The van der Waals surface area contributed by atoms with Crippen LogP contribution in [0, 0.1) is 5.92 Å². The van der Waals surface area contributed by atoms with Crippen LogP contribution in [0.15, 0.2) is 60.0 Å². The second-order valence-corrected chi connectivity index (χ2v) is 8.14. The van der Waals surface area contributed by atoms with Crippen molar-refractivity contribution in [2.24, 2.45) is 5.92 Å². The van der Waals surface area contributed by atoms with Gasteiger partial charge in [-0.3, -0.25) is 14.5 Å². The van der Waals surface area contributed by atoms with Crippen molar-refractivity contribution in [2.75, 3.05) is 18.1 Å². The van der Waals surface area contributed by atoms with Gasteiger partial charge in [-0.1, -0.05) is 60.1 Å². The van der Waals surface area contributed by atoms with Crippen molar-refractivity contribution in [3.05, 3.63) is 70.6 Å². The number of carboxylic acids is 1. The van der Waals surface area contributed by atoms with E-state index in [2.05, 4.69) is 4.98 Å². The summed E-state index contributed by atoms with van der Waals surface area (Å²) >= 11 is 7.60. The normalized spacial score (nSPS) is 19.5. The minimum atomic E-state index is -1.05. The van der Waals surface area contributed by atoms with Crippen molar-refractivity contribution < 1.29 is 19.4 Å². The van der Waals surface area contributed by atoms with E-state index < -0.39 is 18.0 Å². The van der Waals surface area contributed by atoms with E-state index in [0.29, 0.717) is 22.4 Å². The molecular formula is C22H19ClN2O4S. The molecule has 0 saturated carbocycles. The van der Waals surface area contributed by atoms with Gasteiger partial charge < -0.3 is 9.84 Å². The minimum absolute atomic E-state index is 0.280. The van der Waals surface area contributed by atoms with E-state index in [0.717, 1.165) is 11.1 Å². The van der Waals surface area contributed by atoms with Crippen molar-refractivity contribution in [3.8, 4) is 11.3 Å². The van der Waals surface area contributed by atoms with Gasteiger partial charge in [0.15, 0.2) is 5.13 Å². The minimum Gasteiger partial charge on any atom is -0.481 e. The molecule has 30 heavy (non-hydrogen) atoms. The first-order valence-corrected chi connectivity index (χ1v) is 10.7. The number of anilines is 1. The second kappa shape index (κ2) is 8.95. The van der Waals surface area contributed by atoms with Crippen LogP contribution in [0.25, 0.3) is 11.3 Å². The third kappa shape index (κ3) is 4.23. The molecule has 2 aromatic carbocycles. The smallest absolute Gasteiger partial charge is 0.304 e. The molecule has 4 rings (SSSR count). The maximum Gasteiger partial charge on any atom is 0.304 e. The van der Waals surface area contributed by atoms with E-state index in [1.165, 1.54) is 16.2 Å². The molecular weight excluding hydrogens is 424 g/mol. The van der Waals surface area contributed by atoms with E-state index in [9.17, 15) is 14.7 Å². The lowest BCUT2D eigenvalue weighted by molar-refractivity contribution is -0.143. The Bertz CT molecular complexity index is 1060. The predicted octanol–water partition coefficient (Wildman–Crippen LogP) is 4.66. The predicted molar refractivity (Wildman–Crippen MR) is 116 cm³/mol. The molecule has 1 aliphatic heterocycles. The molecule has 0 aliphatic carbocycles. The first-order valence-electron chi connectivity index (χ1n) is 9.44. The van der Waals surface area contributed by atoms with E-state index in [1.54, 1.807) is 6.07 Å². The van der Waals surface area contributed by atoms with Gasteiger partial charge in [-0.25, -0.2) is 4.98 Å². The third-order valence-electron chi connectivity index (χ3n) is 4.96. The fraction of sp³-hybridized carbons (Fsp3) is 0.227. The number of aromatic nitrogens is 1. The SMILES string of the molecule is O=C(O)CC1C(=O)N(c2nc(-c3ccccc3Cl)cs2)CCOC1c1ccccc1. The van der Waals surface area contributed by atoms with Crippen LogP contribution in [0.3, 0.4) is 0 Å². The highest BCUT2D eigenvalue weighted by Gasteiger charge is 2.39. The molecule has 3 aromatic rings. The average molecular weight is 443 g/mol. The fourth-order valence-corrected chi connectivity index (χ4v) is 4.64. The summed E-state index contributed by atoms with van der Waals surface area (Å²) in [6, 6.07) is 16.6. The Labute approximate surface area is 182 Å². The van der Waals surface area contributed by atoms with Crippen molar-refractivity contribution >= 4 is 39.9 Å². The molecule has 1 saturated heterocycles. The molecule has 2 unspecified atom stereocenters. The number of hydrogen-bond donors (Lipinski definition) is 1. The molecule has 154 valence electrons. The van der Waals surface area contributed by atoms with Crippen molar-refractivity contribution in [2.45, 2.75) is 12.5 Å². The van der Waals surface area contributed by atoms with Gasteiger partial charge in [-0.15, -0.1) is 11.3 Å². The van der Waals surface area contributed by atoms with Gasteiger partial charge in [0, 0.05) is 16.0 Å². The maximum absolute atomic E-state index is 13.4. The van der Waals surface area contributed by atoms with Gasteiger partial charge in [0.25, 0.3) is 0 Å². The van der Waals surface area contributed by atoms with E-state index in [-0.39, 0.29) is 18.9 Å². The number of carboxylic acid groups (broad SMARTS) is 1. The summed E-state index contributed by atoms with van der Waals surface area (Å²) in [4.78, 5) is 31.1. The molecule has 0 spiro atoms. The number of benzene rings is 2. The number of ether oxygens (including phenoxy) is 1. The Morgan fingerprint density at radius 3 is 2.67 bits per heavy atom. The van der Waals surface area contributed by atoms with Crippen molar-refractivity contribution in [1.29, 1.82) is 0 Å². The molecule has 1 aromatic heterocycles. The quantitative estimate of drug-likeness (QED) is 0.621. The van der Waals surface area contributed by atoms with Crippen LogP contribution in [0.2, 0.25) is 5.02 Å². The zero-order valence-corrected chi connectivity index (χ0v) is 17.5. The summed E-state index contributed by atoms with van der Waals surface area (Å²) in [6.07, 6.45) is -0.944. The number of amides is 1. The number of hydrogen-bond acceptors (Lipinski definition) is 5. The van der Waals surface area contributed by atoms with Gasteiger partial charge >= 0.3 is 5.97 Å². The summed E-state index contributed by atoms with van der Waals surface area (Å²) in [7, 11) is 0. The lowest BCUT2D eigenvalue weighted by Gasteiger charge is -2.25. The van der Waals surface area contributed by atoms with Crippen LogP contribution in [0.4, 0.5) is 5.13 Å². The maximum atomic E-state index is 13.4. The van der Waals surface area contributed by atoms with Crippen molar-refractivity contribution in [1.82, 2.24) is 4.98 Å². The molecule has 1 N–H and O–H groups in total. The number of carbonyl (C=O) groups is 2.